The molecule has 0 saturated carbocycles. The van der Waals surface area contributed by atoms with Crippen LogP contribution in [0.4, 0.5) is 5.95 Å². The van der Waals surface area contributed by atoms with E-state index in [9.17, 15) is 4.79 Å². The minimum Gasteiger partial charge on any atom is -0.386 e. The molecule has 1 aromatic rings. The number of aryl methyl sites for hydroxylation is 1. The van der Waals surface area contributed by atoms with Gasteiger partial charge in [-0.05, 0) is 22.9 Å². The Kier molecular flexibility index (Phi) is 1.73. The first-order valence-electron chi connectivity index (χ1n) is 3.69. The van der Waals surface area contributed by atoms with Crippen LogP contribution < -0.4 is 11.3 Å². The molecule has 0 aliphatic carbocycles. The third-order valence-corrected chi connectivity index (χ3v) is 2.74. The van der Waals surface area contributed by atoms with Crippen LogP contribution >= 0.6 is 15.9 Å². The summed E-state index contributed by atoms with van der Waals surface area (Å²) in [6.07, 6.45) is 0. The number of aromatic nitrogens is 2. The summed E-state index contributed by atoms with van der Waals surface area (Å²) in [5.41, 5.74) is 5.99. The van der Waals surface area contributed by atoms with Crippen molar-refractivity contribution in [1.82, 2.24) is 9.55 Å². The van der Waals surface area contributed by atoms with Crippen molar-refractivity contribution in [2.45, 2.75) is 13.5 Å². The van der Waals surface area contributed by atoms with Gasteiger partial charge in [-0.25, -0.2) is 4.98 Å². The lowest BCUT2D eigenvalue weighted by Gasteiger charge is -2.02. The number of hydrogen-bond acceptors (Lipinski definition) is 4. The van der Waals surface area contributed by atoms with Gasteiger partial charge in [-0.1, -0.05) is 0 Å². The van der Waals surface area contributed by atoms with Gasteiger partial charge in [0.2, 0.25) is 5.95 Å². The van der Waals surface area contributed by atoms with Crippen molar-refractivity contribution in [1.29, 1.82) is 0 Å². The third-order valence-electron chi connectivity index (χ3n) is 1.82. The molecule has 0 atom stereocenters. The van der Waals surface area contributed by atoms with Crippen molar-refractivity contribution < 1.29 is 0 Å². The Morgan fingerprint density at radius 1 is 1.62 bits per heavy atom. The highest BCUT2D eigenvalue weighted by Gasteiger charge is 2.17. The molecule has 13 heavy (non-hydrogen) atoms. The first kappa shape index (κ1) is 8.43. The van der Waals surface area contributed by atoms with Gasteiger partial charge in [0.15, 0.2) is 0 Å². The number of fused-ring (bicyclic) bond motifs is 1. The maximum Gasteiger partial charge on any atom is 0.269 e. The van der Waals surface area contributed by atoms with Gasteiger partial charge < -0.3 is 5.73 Å². The van der Waals surface area contributed by atoms with Crippen LogP contribution in [-0.2, 0) is 6.54 Å². The summed E-state index contributed by atoms with van der Waals surface area (Å²) in [5.74, 6) is 0.810. The van der Waals surface area contributed by atoms with Crippen molar-refractivity contribution in [3.05, 3.63) is 20.5 Å². The molecule has 2 heterocycles. The highest BCUT2D eigenvalue weighted by atomic mass is 79.9. The smallest absolute Gasteiger partial charge is 0.269 e. The average molecular weight is 243 g/mol. The lowest BCUT2D eigenvalue weighted by Crippen LogP contribution is -2.24. The highest BCUT2D eigenvalue weighted by molar-refractivity contribution is 9.10. The molecule has 6 heteroatoms. The molecule has 0 bridgehead atoms. The van der Waals surface area contributed by atoms with Crippen molar-refractivity contribution in [2.24, 2.45) is 10.7 Å². The first-order chi connectivity index (χ1) is 6.09. The van der Waals surface area contributed by atoms with Gasteiger partial charge in [0.25, 0.3) is 5.56 Å². The lowest BCUT2D eigenvalue weighted by atomic mass is 10.4. The van der Waals surface area contributed by atoms with E-state index in [0.717, 1.165) is 0 Å². The molecule has 0 saturated heterocycles. The van der Waals surface area contributed by atoms with Crippen LogP contribution in [0.3, 0.4) is 0 Å². The molecule has 1 aromatic heterocycles. The predicted molar refractivity (Wildman–Crippen MR) is 52.2 cm³/mol. The summed E-state index contributed by atoms with van der Waals surface area (Å²) >= 11 is 3.17. The molecule has 68 valence electrons. The Morgan fingerprint density at radius 3 is 3.00 bits per heavy atom. The molecule has 2 rings (SSSR count). The van der Waals surface area contributed by atoms with E-state index in [1.54, 1.807) is 6.92 Å². The number of nitrogens with two attached hydrogens (primary N) is 1. The van der Waals surface area contributed by atoms with Crippen molar-refractivity contribution >= 4 is 27.7 Å². The Balaban J connectivity index is 2.75. The first-order valence-corrected chi connectivity index (χ1v) is 4.49. The molecule has 1 aliphatic rings. The van der Waals surface area contributed by atoms with E-state index in [1.807, 2.05) is 0 Å². The minimum absolute atomic E-state index is 0.133. The van der Waals surface area contributed by atoms with E-state index >= 15 is 0 Å². The fourth-order valence-electron chi connectivity index (χ4n) is 1.18. The van der Waals surface area contributed by atoms with E-state index < -0.39 is 0 Å². The van der Waals surface area contributed by atoms with Crippen molar-refractivity contribution in [3.8, 4) is 0 Å². The van der Waals surface area contributed by atoms with Gasteiger partial charge in [0, 0.05) is 0 Å². The minimum atomic E-state index is -0.133. The molecule has 0 aromatic carbocycles. The van der Waals surface area contributed by atoms with Crippen LogP contribution in [0.25, 0.3) is 0 Å². The van der Waals surface area contributed by atoms with Gasteiger partial charge in [0.05, 0.1) is 12.2 Å². The molecule has 0 spiro atoms. The van der Waals surface area contributed by atoms with E-state index in [-0.39, 0.29) is 5.56 Å². The van der Waals surface area contributed by atoms with Gasteiger partial charge in [-0.15, -0.1) is 0 Å². The molecule has 1 aliphatic heterocycles. The predicted octanol–water partition coefficient (Wildman–Crippen LogP) is 0.317. The van der Waals surface area contributed by atoms with Gasteiger partial charge in [-0.3, -0.25) is 9.36 Å². The van der Waals surface area contributed by atoms with Crippen LogP contribution in [-0.4, -0.2) is 15.4 Å². The highest BCUT2D eigenvalue weighted by Crippen LogP contribution is 2.17. The van der Waals surface area contributed by atoms with Crippen LogP contribution in [0.1, 0.15) is 5.69 Å². The zero-order valence-electron chi connectivity index (χ0n) is 6.91. The Morgan fingerprint density at radius 2 is 2.31 bits per heavy atom. The summed E-state index contributed by atoms with van der Waals surface area (Å²) in [6.45, 7) is 2.08. The Hall–Kier alpha value is -1.17. The number of amidine groups is 1. The number of aliphatic imine (C=N–C) groups is 1. The summed E-state index contributed by atoms with van der Waals surface area (Å²) in [7, 11) is 0. The second-order valence-corrected chi connectivity index (χ2v) is 3.60. The molecule has 0 unspecified atom stereocenters. The quantitative estimate of drug-likeness (QED) is 0.712. The van der Waals surface area contributed by atoms with Crippen molar-refractivity contribution in [2.75, 3.05) is 0 Å². The van der Waals surface area contributed by atoms with E-state index in [2.05, 4.69) is 25.9 Å². The van der Waals surface area contributed by atoms with E-state index in [4.69, 9.17) is 5.73 Å². The van der Waals surface area contributed by atoms with Crippen LogP contribution in [0.15, 0.2) is 14.3 Å². The summed E-state index contributed by atoms with van der Waals surface area (Å²) < 4.78 is 1.91. The molecular weight excluding hydrogens is 236 g/mol. The topological polar surface area (TPSA) is 73.3 Å². The normalized spacial score (nSPS) is 14.2. The molecule has 5 nitrogen and oxygen atoms in total. The molecule has 0 amide bonds. The monoisotopic (exact) mass is 242 g/mol. The maximum atomic E-state index is 11.6. The Labute approximate surface area is 82.4 Å². The number of rotatable bonds is 0. The van der Waals surface area contributed by atoms with Crippen LogP contribution in [0.2, 0.25) is 0 Å². The number of halogens is 1. The second-order valence-electron chi connectivity index (χ2n) is 2.81. The lowest BCUT2D eigenvalue weighted by molar-refractivity contribution is 0.798. The van der Waals surface area contributed by atoms with Gasteiger partial charge >= 0.3 is 0 Å². The summed E-state index contributed by atoms with van der Waals surface area (Å²) in [5, 5.41) is 0. The largest absolute Gasteiger partial charge is 0.386 e. The van der Waals surface area contributed by atoms with Gasteiger partial charge in [0.1, 0.15) is 10.3 Å². The molecule has 0 fully saturated rings. The zero-order valence-corrected chi connectivity index (χ0v) is 8.50. The third kappa shape index (κ3) is 1.17. The Bertz CT molecular complexity index is 462. The SMILES string of the molecule is Cc1nc2n(c(=O)c1Br)CC(N)=N2. The van der Waals surface area contributed by atoms with Gasteiger partial charge in [-0.2, -0.15) is 4.99 Å². The van der Waals surface area contributed by atoms with Crippen LogP contribution in [0.5, 0.6) is 0 Å². The molecule has 2 N–H and O–H groups in total. The molecule has 0 radical (unpaired) electrons. The standard InChI is InChI=1S/C7H7BrN4O/c1-3-5(8)6(13)12-2-4(9)11-7(12)10-3/h2H2,1H3,(H2,9,10,11). The average Bonchev–Trinajstić information content (AvgIpc) is 2.42. The maximum absolute atomic E-state index is 11.6. The summed E-state index contributed by atoms with van der Waals surface area (Å²) in [6, 6.07) is 0. The van der Waals surface area contributed by atoms with Crippen LogP contribution in [0, 0.1) is 6.92 Å². The van der Waals surface area contributed by atoms with E-state index in [0.29, 0.717) is 28.5 Å². The summed E-state index contributed by atoms with van der Waals surface area (Å²) in [4.78, 5) is 19.6. The number of nitrogens with zero attached hydrogens (tertiary/aromatic N) is 3. The fourth-order valence-corrected chi connectivity index (χ4v) is 1.48. The zero-order chi connectivity index (χ0) is 9.59. The van der Waals surface area contributed by atoms with Crippen molar-refractivity contribution in [3.63, 3.8) is 0 Å². The number of hydrogen-bond donors (Lipinski definition) is 1. The fraction of sp³-hybridized carbons (Fsp3) is 0.286. The van der Waals surface area contributed by atoms with E-state index in [1.165, 1.54) is 4.57 Å². The molecular formula is C7H7BrN4O. The second kappa shape index (κ2) is 2.66.